The summed E-state index contributed by atoms with van der Waals surface area (Å²) in [5.74, 6) is -0.796. The van der Waals surface area contributed by atoms with E-state index in [0.717, 1.165) is 18.4 Å². The number of hydrogen-bond acceptors (Lipinski definition) is 6. The van der Waals surface area contributed by atoms with E-state index in [-0.39, 0.29) is 36.5 Å². The molecule has 0 radical (unpaired) electrons. The highest BCUT2D eigenvalue weighted by Crippen LogP contribution is 2.33. The Morgan fingerprint density at radius 2 is 1.90 bits per heavy atom. The minimum Gasteiger partial charge on any atom is -0.469 e. The first kappa shape index (κ1) is 22.1. The quantitative estimate of drug-likeness (QED) is 0.710. The van der Waals surface area contributed by atoms with Crippen LogP contribution in [0.4, 0.5) is 4.79 Å². The molecule has 1 aromatic rings. The number of benzene rings is 1. The number of ether oxygens (including phenoxy) is 2. The fourth-order valence-electron chi connectivity index (χ4n) is 4.45. The molecule has 1 saturated heterocycles. The summed E-state index contributed by atoms with van der Waals surface area (Å²) in [5.41, 5.74) is 0.880. The largest absolute Gasteiger partial charge is 0.469 e. The number of nitrogens with zero attached hydrogens (tertiary/aromatic N) is 2. The number of amides is 2. The van der Waals surface area contributed by atoms with Gasteiger partial charge in [0, 0.05) is 18.6 Å². The Labute approximate surface area is 177 Å². The summed E-state index contributed by atoms with van der Waals surface area (Å²) in [6.45, 7) is 0.656. The van der Waals surface area contributed by atoms with Gasteiger partial charge in [0.2, 0.25) is 5.91 Å². The number of carbonyl (C=O) groups excluding carboxylic acids is 3. The molecule has 1 saturated carbocycles. The van der Waals surface area contributed by atoms with Gasteiger partial charge in [-0.2, -0.15) is 0 Å². The molecule has 1 aromatic carbocycles. The molecular weight excluding hydrogens is 386 g/mol. The summed E-state index contributed by atoms with van der Waals surface area (Å²) in [4.78, 5) is 41.4. The lowest BCUT2D eigenvalue weighted by molar-refractivity contribution is -0.152. The molecule has 1 aliphatic heterocycles. The molecule has 8 nitrogen and oxygen atoms in total. The first-order valence-corrected chi connectivity index (χ1v) is 10.4. The fourth-order valence-corrected chi connectivity index (χ4v) is 4.45. The Morgan fingerprint density at radius 3 is 2.57 bits per heavy atom. The van der Waals surface area contributed by atoms with E-state index in [1.165, 1.54) is 7.11 Å². The first-order chi connectivity index (χ1) is 14.4. The van der Waals surface area contributed by atoms with Gasteiger partial charge in [-0.25, -0.2) is 4.79 Å². The molecule has 1 aliphatic carbocycles. The number of hydrogen-bond donors (Lipinski definition) is 1. The van der Waals surface area contributed by atoms with Gasteiger partial charge in [-0.05, 0) is 45.3 Å². The van der Waals surface area contributed by atoms with Crippen LogP contribution in [-0.2, 0) is 25.7 Å². The normalized spacial score (nSPS) is 26.5. The first-order valence-electron chi connectivity index (χ1n) is 10.4. The summed E-state index contributed by atoms with van der Waals surface area (Å²) >= 11 is 0. The molecule has 2 fully saturated rings. The maximum absolute atomic E-state index is 13.0. The van der Waals surface area contributed by atoms with Crippen molar-refractivity contribution in [2.45, 2.75) is 50.4 Å². The van der Waals surface area contributed by atoms with Crippen molar-refractivity contribution < 1.29 is 23.9 Å². The summed E-state index contributed by atoms with van der Waals surface area (Å²) in [6.07, 6.45) is 2.19. The molecule has 0 unspecified atom stereocenters. The maximum Gasteiger partial charge on any atom is 0.408 e. The van der Waals surface area contributed by atoms with Crippen LogP contribution in [0.1, 0.15) is 31.2 Å². The van der Waals surface area contributed by atoms with Gasteiger partial charge in [-0.3, -0.25) is 9.59 Å². The third-order valence-corrected chi connectivity index (χ3v) is 6.17. The predicted octanol–water partition coefficient (Wildman–Crippen LogP) is 1.79. The van der Waals surface area contributed by atoms with E-state index in [2.05, 4.69) is 10.2 Å². The average molecular weight is 418 g/mol. The van der Waals surface area contributed by atoms with Crippen LogP contribution in [0.3, 0.4) is 0 Å². The number of nitrogens with one attached hydrogen (secondary N) is 1. The van der Waals surface area contributed by atoms with Crippen molar-refractivity contribution in [3.05, 3.63) is 35.9 Å². The second-order valence-corrected chi connectivity index (χ2v) is 8.21. The van der Waals surface area contributed by atoms with Crippen LogP contribution in [0.2, 0.25) is 0 Å². The molecule has 164 valence electrons. The summed E-state index contributed by atoms with van der Waals surface area (Å²) in [5, 5.41) is 2.68. The molecule has 2 amide bonds. The van der Waals surface area contributed by atoms with E-state index in [0.29, 0.717) is 19.4 Å². The van der Waals surface area contributed by atoms with Crippen LogP contribution in [-0.4, -0.2) is 73.6 Å². The topological polar surface area (TPSA) is 88.2 Å². The Balaban J connectivity index is 1.58. The third kappa shape index (κ3) is 5.11. The monoisotopic (exact) mass is 417 g/mol. The van der Waals surface area contributed by atoms with Crippen LogP contribution in [0.5, 0.6) is 0 Å². The van der Waals surface area contributed by atoms with Gasteiger partial charge in [-0.15, -0.1) is 0 Å². The lowest BCUT2D eigenvalue weighted by Crippen LogP contribution is -2.52. The van der Waals surface area contributed by atoms with Gasteiger partial charge in [0.25, 0.3) is 0 Å². The molecule has 0 bridgehead atoms. The molecule has 3 rings (SSSR count). The zero-order valence-electron chi connectivity index (χ0n) is 17.9. The fraction of sp³-hybridized carbons (Fsp3) is 0.591. The number of methoxy groups -OCH3 is 1. The maximum atomic E-state index is 13.0. The highest BCUT2D eigenvalue weighted by molar-refractivity contribution is 5.88. The Bertz CT molecular complexity index is 754. The summed E-state index contributed by atoms with van der Waals surface area (Å²) in [7, 11) is 5.39. The van der Waals surface area contributed by atoms with Crippen LogP contribution < -0.4 is 5.32 Å². The molecule has 0 spiro atoms. The van der Waals surface area contributed by atoms with Gasteiger partial charge < -0.3 is 24.6 Å². The lowest BCUT2D eigenvalue weighted by Gasteiger charge is -2.41. The molecule has 30 heavy (non-hydrogen) atoms. The number of alkyl carbamates (subject to hydrolysis) is 1. The van der Waals surface area contributed by atoms with Crippen LogP contribution in [0, 0.1) is 5.92 Å². The van der Waals surface area contributed by atoms with E-state index in [1.807, 2.05) is 44.4 Å². The smallest absolute Gasteiger partial charge is 0.408 e. The van der Waals surface area contributed by atoms with Gasteiger partial charge in [0.1, 0.15) is 12.6 Å². The predicted molar refractivity (Wildman–Crippen MR) is 111 cm³/mol. The highest BCUT2D eigenvalue weighted by Gasteiger charge is 2.45. The van der Waals surface area contributed by atoms with Crippen molar-refractivity contribution in [2.75, 3.05) is 27.7 Å². The molecule has 4 atom stereocenters. The molecule has 1 heterocycles. The number of likely N-dealkylation sites (tertiary alicyclic amines) is 1. The van der Waals surface area contributed by atoms with Crippen molar-refractivity contribution in [1.82, 2.24) is 15.1 Å². The highest BCUT2D eigenvalue weighted by atomic mass is 16.5. The second-order valence-electron chi connectivity index (χ2n) is 8.21. The van der Waals surface area contributed by atoms with E-state index in [9.17, 15) is 14.4 Å². The van der Waals surface area contributed by atoms with Gasteiger partial charge in [-0.1, -0.05) is 30.3 Å². The Morgan fingerprint density at radius 1 is 1.17 bits per heavy atom. The number of carbonyl (C=O) groups is 3. The second kappa shape index (κ2) is 9.93. The van der Waals surface area contributed by atoms with Crippen molar-refractivity contribution in [3.63, 3.8) is 0 Å². The van der Waals surface area contributed by atoms with E-state index in [1.54, 1.807) is 4.90 Å². The van der Waals surface area contributed by atoms with Crippen LogP contribution >= 0.6 is 0 Å². The van der Waals surface area contributed by atoms with E-state index < -0.39 is 12.1 Å². The molecule has 2 aliphatic rings. The van der Waals surface area contributed by atoms with E-state index >= 15 is 0 Å². The minimum atomic E-state index is -0.627. The van der Waals surface area contributed by atoms with Gasteiger partial charge >= 0.3 is 12.1 Å². The van der Waals surface area contributed by atoms with Crippen molar-refractivity contribution >= 4 is 18.0 Å². The zero-order valence-corrected chi connectivity index (χ0v) is 17.9. The van der Waals surface area contributed by atoms with Crippen LogP contribution in [0.15, 0.2) is 30.3 Å². The van der Waals surface area contributed by atoms with Gasteiger partial charge in [0.05, 0.1) is 13.0 Å². The Hall–Kier alpha value is -2.61. The van der Waals surface area contributed by atoms with Crippen LogP contribution in [0.25, 0.3) is 0 Å². The molecule has 8 heteroatoms. The molecule has 1 N–H and O–H groups in total. The van der Waals surface area contributed by atoms with Crippen molar-refractivity contribution in [3.8, 4) is 0 Å². The Kier molecular flexibility index (Phi) is 7.31. The summed E-state index contributed by atoms with van der Waals surface area (Å²) in [6, 6.07) is 8.83. The number of rotatable bonds is 6. The summed E-state index contributed by atoms with van der Waals surface area (Å²) < 4.78 is 10.3. The zero-order chi connectivity index (χ0) is 21.7. The average Bonchev–Trinajstić information content (AvgIpc) is 3.11. The molecule has 0 aromatic heterocycles. The van der Waals surface area contributed by atoms with Crippen molar-refractivity contribution in [2.24, 2.45) is 5.92 Å². The standard InChI is InChI=1S/C22H31N3O5/c1-24(2)16-9-10-19(17(13-16)21(27)29-3)25-12-11-18(20(25)26)23-22(28)30-14-15-7-5-4-6-8-15/h4-8,16-19H,9-14H2,1-3H3,(H,23,28)/t16-,17+,18+,19+/m1/s1. The third-order valence-electron chi connectivity index (χ3n) is 6.17. The van der Waals surface area contributed by atoms with E-state index in [4.69, 9.17) is 9.47 Å². The minimum absolute atomic E-state index is 0.149. The molecular formula is C22H31N3O5. The van der Waals surface area contributed by atoms with Crippen molar-refractivity contribution in [1.29, 1.82) is 0 Å². The SMILES string of the molecule is COC(=O)[C@H]1C[C@H](N(C)C)CC[C@@H]1N1CC[C@H](NC(=O)OCc2ccccc2)C1=O. The number of esters is 1. The lowest BCUT2D eigenvalue weighted by atomic mass is 9.80. The van der Waals surface area contributed by atoms with Gasteiger partial charge in [0.15, 0.2) is 0 Å².